The number of aliphatic carboxylic acids is 1. The van der Waals surface area contributed by atoms with E-state index in [9.17, 15) is 19.5 Å². The quantitative estimate of drug-likeness (QED) is 0.0195. The summed E-state index contributed by atoms with van der Waals surface area (Å²) < 4.78 is 22.7. The summed E-state index contributed by atoms with van der Waals surface area (Å²) in [5, 5.41) is 11.7. The third-order valence-electron chi connectivity index (χ3n) is 12.9. The van der Waals surface area contributed by atoms with Crippen molar-refractivity contribution in [2.75, 3.05) is 47.5 Å². The van der Waals surface area contributed by atoms with Crippen molar-refractivity contribution in [3.8, 4) is 0 Å². The second-order valence-electron chi connectivity index (χ2n) is 20.9. The standard InChI is InChI=1S/C60H111NO8/c1-6-8-10-12-14-16-18-20-22-23-24-25-26-27-28-29-30-31-32-33-34-35-37-38-40-42-44-46-48-50-57(62)67-54-56(55-68-60(59(64)65)66-53-52-61(3,4)5)69-58(63)51-49-47-45-43-41-39-36-21-19-17-15-13-11-9-7-2/h9,11,15,17,21,36,56,60H,6-8,10,12-14,16,18-20,22-35,37-55H2,1-5H3/b11-9-,17-15-,36-21-. The Hall–Kier alpha value is -2.49. The number of hydrogen-bond donors (Lipinski definition) is 0. The summed E-state index contributed by atoms with van der Waals surface area (Å²) in [6.45, 7) is 4.65. The lowest BCUT2D eigenvalue weighted by atomic mass is 10.0. The molecular weight excluding hydrogens is 863 g/mol. The van der Waals surface area contributed by atoms with Gasteiger partial charge in [0, 0.05) is 12.8 Å². The number of carbonyl (C=O) groups is 3. The van der Waals surface area contributed by atoms with Gasteiger partial charge in [0.15, 0.2) is 12.4 Å². The van der Waals surface area contributed by atoms with Crippen molar-refractivity contribution in [2.45, 2.75) is 283 Å². The molecule has 0 heterocycles. The minimum absolute atomic E-state index is 0.145. The first-order valence-corrected chi connectivity index (χ1v) is 29.1. The van der Waals surface area contributed by atoms with Crippen LogP contribution in [0, 0.1) is 0 Å². The van der Waals surface area contributed by atoms with E-state index in [2.05, 4.69) is 50.3 Å². The minimum Gasteiger partial charge on any atom is -0.545 e. The van der Waals surface area contributed by atoms with Crippen LogP contribution in [0.25, 0.3) is 0 Å². The van der Waals surface area contributed by atoms with E-state index >= 15 is 0 Å². The highest BCUT2D eigenvalue weighted by molar-refractivity contribution is 5.70. The van der Waals surface area contributed by atoms with Crippen LogP contribution in [-0.4, -0.2) is 82.3 Å². The lowest BCUT2D eigenvalue weighted by Gasteiger charge is -2.26. The first kappa shape index (κ1) is 66.5. The number of unbranched alkanes of at least 4 members (excludes halogenated alkanes) is 33. The second-order valence-corrected chi connectivity index (χ2v) is 20.9. The third kappa shape index (κ3) is 53.1. The van der Waals surface area contributed by atoms with E-state index in [-0.39, 0.29) is 32.2 Å². The zero-order valence-corrected chi connectivity index (χ0v) is 45.9. The number of rotatable bonds is 54. The molecule has 0 radical (unpaired) electrons. The number of ether oxygens (including phenoxy) is 4. The van der Waals surface area contributed by atoms with Gasteiger partial charge in [-0.2, -0.15) is 0 Å². The number of quaternary nitrogens is 1. The number of carboxylic acids is 1. The van der Waals surface area contributed by atoms with Gasteiger partial charge in [0.25, 0.3) is 0 Å². The van der Waals surface area contributed by atoms with Gasteiger partial charge in [0.1, 0.15) is 13.2 Å². The van der Waals surface area contributed by atoms with Crippen LogP contribution in [0.15, 0.2) is 36.5 Å². The van der Waals surface area contributed by atoms with Gasteiger partial charge in [-0.15, -0.1) is 0 Å². The van der Waals surface area contributed by atoms with E-state index in [1.165, 1.54) is 167 Å². The van der Waals surface area contributed by atoms with Crippen molar-refractivity contribution in [3.05, 3.63) is 36.5 Å². The molecule has 69 heavy (non-hydrogen) atoms. The Bertz CT molecular complexity index is 1230. The highest BCUT2D eigenvalue weighted by Gasteiger charge is 2.22. The van der Waals surface area contributed by atoms with Gasteiger partial charge in [-0.3, -0.25) is 9.59 Å². The lowest BCUT2D eigenvalue weighted by molar-refractivity contribution is -0.870. The van der Waals surface area contributed by atoms with Crippen LogP contribution >= 0.6 is 0 Å². The summed E-state index contributed by atoms with van der Waals surface area (Å²) in [5.74, 6) is -2.29. The Labute approximate surface area is 426 Å². The molecule has 0 rings (SSSR count). The molecule has 0 N–H and O–H groups in total. The van der Waals surface area contributed by atoms with Gasteiger partial charge < -0.3 is 33.3 Å². The summed E-state index contributed by atoms with van der Waals surface area (Å²) in [7, 11) is 5.92. The highest BCUT2D eigenvalue weighted by Crippen LogP contribution is 2.17. The topological polar surface area (TPSA) is 111 Å². The van der Waals surface area contributed by atoms with Crippen LogP contribution in [0.1, 0.15) is 271 Å². The normalized spacial score (nSPS) is 13.0. The van der Waals surface area contributed by atoms with Crippen LogP contribution in [0.4, 0.5) is 0 Å². The van der Waals surface area contributed by atoms with Crippen molar-refractivity contribution in [1.29, 1.82) is 0 Å². The van der Waals surface area contributed by atoms with Gasteiger partial charge >= 0.3 is 11.9 Å². The van der Waals surface area contributed by atoms with Crippen molar-refractivity contribution in [1.82, 2.24) is 0 Å². The van der Waals surface area contributed by atoms with Gasteiger partial charge in [-0.1, -0.05) is 249 Å². The molecule has 0 saturated carbocycles. The van der Waals surface area contributed by atoms with E-state index in [1.54, 1.807) is 0 Å². The number of likely N-dealkylation sites (N-methyl/N-ethyl adjacent to an activating group) is 1. The monoisotopic (exact) mass is 974 g/mol. The summed E-state index contributed by atoms with van der Waals surface area (Å²) in [6, 6.07) is 0. The largest absolute Gasteiger partial charge is 0.545 e. The fraction of sp³-hybridized carbons (Fsp3) is 0.850. The number of carbonyl (C=O) groups excluding carboxylic acids is 3. The zero-order chi connectivity index (χ0) is 50.6. The molecular formula is C60H111NO8. The van der Waals surface area contributed by atoms with Crippen molar-refractivity contribution in [3.63, 3.8) is 0 Å². The number of nitrogens with zero attached hydrogens (tertiary/aromatic N) is 1. The van der Waals surface area contributed by atoms with Gasteiger partial charge in [-0.25, -0.2) is 0 Å². The van der Waals surface area contributed by atoms with E-state index in [1.807, 2.05) is 21.1 Å². The zero-order valence-electron chi connectivity index (χ0n) is 45.9. The summed E-state index contributed by atoms with van der Waals surface area (Å²) >= 11 is 0. The van der Waals surface area contributed by atoms with Crippen LogP contribution in [0.2, 0.25) is 0 Å². The smallest absolute Gasteiger partial charge is 0.306 e. The summed E-state index contributed by atoms with van der Waals surface area (Å²) in [5.41, 5.74) is 0. The number of hydrogen-bond acceptors (Lipinski definition) is 8. The maximum atomic E-state index is 12.8. The minimum atomic E-state index is -1.62. The predicted molar refractivity (Wildman–Crippen MR) is 288 cm³/mol. The molecule has 2 unspecified atom stereocenters. The third-order valence-corrected chi connectivity index (χ3v) is 12.9. The van der Waals surface area contributed by atoms with Crippen molar-refractivity contribution < 1.29 is 42.9 Å². The van der Waals surface area contributed by atoms with E-state index in [0.29, 0.717) is 23.9 Å². The van der Waals surface area contributed by atoms with E-state index in [0.717, 1.165) is 70.6 Å². The first-order valence-electron chi connectivity index (χ1n) is 29.1. The number of allylic oxidation sites excluding steroid dienone is 6. The fourth-order valence-corrected chi connectivity index (χ4v) is 8.44. The van der Waals surface area contributed by atoms with Crippen LogP contribution < -0.4 is 5.11 Å². The fourth-order valence-electron chi connectivity index (χ4n) is 8.44. The predicted octanol–water partition coefficient (Wildman–Crippen LogP) is 15.6. The average Bonchev–Trinajstić information content (AvgIpc) is 3.31. The Morgan fingerprint density at radius 1 is 0.449 bits per heavy atom. The molecule has 0 aliphatic carbocycles. The Balaban J connectivity index is 4.10. The van der Waals surface area contributed by atoms with E-state index < -0.39 is 24.3 Å². The molecule has 0 aliphatic rings. The molecule has 0 amide bonds. The molecule has 0 fully saturated rings. The molecule has 404 valence electrons. The molecule has 0 saturated heterocycles. The van der Waals surface area contributed by atoms with Gasteiger partial charge in [0.05, 0.1) is 40.3 Å². The van der Waals surface area contributed by atoms with Crippen molar-refractivity contribution in [2.24, 2.45) is 0 Å². The van der Waals surface area contributed by atoms with Crippen LogP contribution in [0.5, 0.6) is 0 Å². The molecule has 0 aromatic heterocycles. The molecule has 9 nitrogen and oxygen atoms in total. The maximum Gasteiger partial charge on any atom is 0.306 e. The van der Waals surface area contributed by atoms with Gasteiger partial charge in [-0.05, 0) is 44.9 Å². The number of esters is 2. The summed E-state index contributed by atoms with van der Waals surface area (Å²) in [4.78, 5) is 37.2. The lowest BCUT2D eigenvalue weighted by Crippen LogP contribution is -2.44. The first-order chi connectivity index (χ1) is 33.6. The van der Waals surface area contributed by atoms with Crippen LogP contribution in [0.3, 0.4) is 0 Å². The Morgan fingerprint density at radius 2 is 0.826 bits per heavy atom. The van der Waals surface area contributed by atoms with Gasteiger partial charge in [0.2, 0.25) is 0 Å². The number of carboxylic acid groups (broad SMARTS) is 1. The average molecular weight is 975 g/mol. The molecule has 0 aliphatic heterocycles. The second kappa shape index (κ2) is 51.9. The van der Waals surface area contributed by atoms with Crippen LogP contribution in [-0.2, 0) is 33.3 Å². The maximum absolute atomic E-state index is 12.8. The Kier molecular flexibility index (Phi) is 50.0. The molecule has 0 aromatic carbocycles. The SMILES string of the molecule is CC/C=C\C/C=C\C/C=C\CCCCCCCC(=O)OC(COC(=O)CCCCCCCCCCCCCCCCCCCCCCCCCCCCCCC)COC(OCC[N+](C)(C)C)C(=O)[O-]. The van der Waals surface area contributed by atoms with Crippen molar-refractivity contribution >= 4 is 17.9 Å². The summed E-state index contributed by atoms with van der Waals surface area (Å²) in [6.07, 6.45) is 59.3. The molecule has 0 spiro atoms. The molecule has 0 aromatic rings. The molecule has 2 atom stereocenters. The Morgan fingerprint density at radius 3 is 1.23 bits per heavy atom. The highest BCUT2D eigenvalue weighted by atomic mass is 16.7. The molecule has 0 bridgehead atoms. The molecule has 9 heteroatoms. The van der Waals surface area contributed by atoms with E-state index in [4.69, 9.17) is 18.9 Å².